The van der Waals surface area contributed by atoms with Crippen molar-refractivity contribution in [2.45, 2.75) is 26.7 Å². The largest absolute Gasteiger partial charge is 0.380 e. The molecule has 0 saturated heterocycles. The Balaban J connectivity index is 3.41. The zero-order valence-corrected chi connectivity index (χ0v) is 9.65. The molecule has 0 N–H and O–H groups in total. The standard InChI is InChI=1S/C10H22ClNO/c1-3-5-7-12(8-6-11)9-10-13-4-2/h3-10H2,1-2H3. The molecule has 0 aliphatic heterocycles. The minimum absolute atomic E-state index is 0.718. The maximum atomic E-state index is 5.71. The number of hydrogen-bond acceptors (Lipinski definition) is 2. The summed E-state index contributed by atoms with van der Waals surface area (Å²) < 4.78 is 5.31. The van der Waals surface area contributed by atoms with Crippen LogP contribution in [0.15, 0.2) is 0 Å². The van der Waals surface area contributed by atoms with Gasteiger partial charge in [-0.05, 0) is 19.9 Å². The van der Waals surface area contributed by atoms with Crippen LogP contribution in [0.25, 0.3) is 0 Å². The maximum absolute atomic E-state index is 5.71. The summed E-state index contributed by atoms with van der Waals surface area (Å²) in [7, 11) is 0. The van der Waals surface area contributed by atoms with E-state index in [1.54, 1.807) is 0 Å². The highest BCUT2D eigenvalue weighted by molar-refractivity contribution is 6.18. The molecular formula is C10H22ClNO. The lowest BCUT2D eigenvalue weighted by molar-refractivity contribution is 0.115. The van der Waals surface area contributed by atoms with Gasteiger partial charge in [0.15, 0.2) is 0 Å². The van der Waals surface area contributed by atoms with Crippen LogP contribution in [0.1, 0.15) is 26.7 Å². The van der Waals surface area contributed by atoms with E-state index in [1.165, 1.54) is 12.8 Å². The van der Waals surface area contributed by atoms with Crippen LogP contribution in [0, 0.1) is 0 Å². The number of nitrogens with zero attached hydrogens (tertiary/aromatic N) is 1. The first-order chi connectivity index (χ1) is 6.35. The van der Waals surface area contributed by atoms with E-state index >= 15 is 0 Å². The Kier molecular flexibility index (Phi) is 10.5. The zero-order chi connectivity index (χ0) is 9.94. The molecule has 2 nitrogen and oxygen atoms in total. The third kappa shape index (κ3) is 8.54. The minimum Gasteiger partial charge on any atom is -0.380 e. The van der Waals surface area contributed by atoms with E-state index in [0.717, 1.165) is 38.7 Å². The fraction of sp³-hybridized carbons (Fsp3) is 1.00. The first-order valence-corrected chi connectivity index (χ1v) is 5.74. The van der Waals surface area contributed by atoms with Crippen LogP contribution < -0.4 is 0 Å². The SMILES string of the molecule is CCCCN(CCCl)CCOCC. The third-order valence-corrected chi connectivity index (χ3v) is 2.15. The Morgan fingerprint density at radius 3 is 2.46 bits per heavy atom. The van der Waals surface area contributed by atoms with Gasteiger partial charge in [-0.15, -0.1) is 11.6 Å². The van der Waals surface area contributed by atoms with Gasteiger partial charge in [0.05, 0.1) is 6.61 Å². The summed E-state index contributed by atoms with van der Waals surface area (Å²) in [5.41, 5.74) is 0. The van der Waals surface area contributed by atoms with E-state index in [-0.39, 0.29) is 0 Å². The molecule has 0 heterocycles. The predicted molar refractivity (Wildman–Crippen MR) is 58.6 cm³/mol. The molecule has 80 valence electrons. The monoisotopic (exact) mass is 207 g/mol. The number of rotatable bonds is 9. The average Bonchev–Trinajstić information content (AvgIpc) is 2.14. The lowest BCUT2D eigenvalue weighted by Crippen LogP contribution is -2.30. The van der Waals surface area contributed by atoms with Crippen molar-refractivity contribution in [3.63, 3.8) is 0 Å². The molecule has 3 heteroatoms. The summed E-state index contributed by atoms with van der Waals surface area (Å²) >= 11 is 5.71. The molecule has 0 bridgehead atoms. The van der Waals surface area contributed by atoms with Crippen molar-refractivity contribution in [3.05, 3.63) is 0 Å². The van der Waals surface area contributed by atoms with Crippen molar-refractivity contribution in [2.24, 2.45) is 0 Å². The van der Waals surface area contributed by atoms with Gasteiger partial charge in [0.1, 0.15) is 0 Å². The zero-order valence-electron chi connectivity index (χ0n) is 8.89. The van der Waals surface area contributed by atoms with E-state index in [0.29, 0.717) is 0 Å². The van der Waals surface area contributed by atoms with Gasteiger partial charge < -0.3 is 4.74 Å². The van der Waals surface area contributed by atoms with Crippen molar-refractivity contribution in [2.75, 3.05) is 38.7 Å². The van der Waals surface area contributed by atoms with Gasteiger partial charge in [-0.1, -0.05) is 13.3 Å². The van der Waals surface area contributed by atoms with Crippen LogP contribution in [-0.4, -0.2) is 43.6 Å². The molecule has 0 fully saturated rings. The van der Waals surface area contributed by atoms with Gasteiger partial charge in [0, 0.05) is 25.6 Å². The van der Waals surface area contributed by atoms with E-state index in [4.69, 9.17) is 16.3 Å². The Hall–Kier alpha value is 0.210. The van der Waals surface area contributed by atoms with Crippen LogP contribution in [0.3, 0.4) is 0 Å². The number of unbranched alkanes of at least 4 members (excludes halogenated alkanes) is 1. The normalized spacial score (nSPS) is 11.1. The Bertz CT molecular complexity index is 101. The topological polar surface area (TPSA) is 12.5 Å². The van der Waals surface area contributed by atoms with Gasteiger partial charge in [-0.2, -0.15) is 0 Å². The average molecular weight is 208 g/mol. The molecule has 0 aromatic heterocycles. The number of alkyl halides is 1. The highest BCUT2D eigenvalue weighted by atomic mass is 35.5. The molecule has 0 aromatic rings. The number of hydrogen-bond donors (Lipinski definition) is 0. The van der Waals surface area contributed by atoms with Crippen molar-refractivity contribution in [3.8, 4) is 0 Å². The van der Waals surface area contributed by atoms with Crippen molar-refractivity contribution in [1.82, 2.24) is 4.90 Å². The second kappa shape index (κ2) is 10.3. The molecule has 0 amide bonds. The number of halogens is 1. The second-order valence-corrected chi connectivity index (χ2v) is 3.46. The van der Waals surface area contributed by atoms with Crippen LogP contribution >= 0.6 is 11.6 Å². The Morgan fingerprint density at radius 1 is 1.15 bits per heavy atom. The predicted octanol–water partition coefficient (Wildman–Crippen LogP) is 2.36. The van der Waals surface area contributed by atoms with Crippen LogP contribution in [0.5, 0.6) is 0 Å². The van der Waals surface area contributed by atoms with Gasteiger partial charge in [0.25, 0.3) is 0 Å². The molecule has 0 radical (unpaired) electrons. The maximum Gasteiger partial charge on any atom is 0.0593 e. The minimum atomic E-state index is 0.718. The van der Waals surface area contributed by atoms with Crippen LogP contribution in [-0.2, 0) is 4.74 Å². The van der Waals surface area contributed by atoms with Crippen molar-refractivity contribution in [1.29, 1.82) is 0 Å². The molecule has 13 heavy (non-hydrogen) atoms. The van der Waals surface area contributed by atoms with E-state index in [9.17, 15) is 0 Å². The first-order valence-electron chi connectivity index (χ1n) is 5.21. The van der Waals surface area contributed by atoms with Crippen LogP contribution in [0.2, 0.25) is 0 Å². The van der Waals surface area contributed by atoms with Gasteiger partial charge in [0.2, 0.25) is 0 Å². The van der Waals surface area contributed by atoms with Gasteiger partial charge >= 0.3 is 0 Å². The summed E-state index contributed by atoms with van der Waals surface area (Å²) in [6.07, 6.45) is 2.50. The fourth-order valence-electron chi connectivity index (χ4n) is 1.17. The third-order valence-electron chi connectivity index (χ3n) is 1.98. The fourth-order valence-corrected chi connectivity index (χ4v) is 1.41. The molecule has 0 aliphatic carbocycles. The second-order valence-electron chi connectivity index (χ2n) is 3.08. The number of ether oxygens (including phenoxy) is 1. The molecule has 0 atom stereocenters. The van der Waals surface area contributed by atoms with E-state index < -0.39 is 0 Å². The molecule has 0 unspecified atom stereocenters. The molecule has 0 saturated carbocycles. The summed E-state index contributed by atoms with van der Waals surface area (Å²) in [4.78, 5) is 2.37. The highest BCUT2D eigenvalue weighted by Gasteiger charge is 2.02. The van der Waals surface area contributed by atoms with E-state index in [1.807, 2.05) is 6.92 Å². The lowest BCUT2D eigenvalue weighted by atomic mass is 10.3. The quantitative estimate of drug-likeness (QED) is 0.425. The Labute approximate surface area is 87.2 Å². The van der Waals surface area contributed by atoms with Crippen molar-refractivity contribution >= 4 is 11.6 Å². The highest BCUT2D eigenvalue weighted by Crippen LogP contribution is 1.95. The van der Waals surface area contributed by atoms with Gasteiger partial charge in [-0.3, -0.25) is 4.90 Å². The molecule has 0 spiro atoms. The van der Waals surface area contributed by atoms with Crippen molar-refractivity contribution < 1.29 is 4.74 Å². The summed E-state index contributed by atoms with van der Waals surface area (Å²) in [5, 5.41) is 0. The summed E-state index contributed by atoms with van der Waals surface area (Å²) in [5.74, 6) is 0.718. The summed E-state index contributed by atoms with van der Waals surface area (Å²) in [6, 6.07) is 0. The summed E-state index contributed by atoms with van der Waals surface area (Å²) in [6.45, 7) is 9.02. The molecule has 0 aromatic carbocycles. The molecule has 0 aliphatic rings. The van der Waals surface area contributed by atoms with Gasteiger partial charge in [-0.25, -0.2) is 0 Å². The Morgan fingerprint density at radius 2 is 1.92 bits per heavy atom. The smallest absolute Gasteiger partial charge is 0.0593 e. The molecular weight excluding hydrogens is 186 g/mol. The molecule has 0 rings (SSSR count). The lowest BCUT2D eigenvalue weighted by Gasteiger charge is -2.20. The first kappa shape index (κ1) is 13.2. The van der Waals surface area contributed by atoms with Crippen LogP contribution in [0.4, 0.5) is 0 Å². The van der Waals surface area contributed by atoms with E-state index in [2.05, 4.69) is 11.8 Å².